The summed E-state index contributed by atoms with van der Waals surface area (Å²) < 4.78 is 11.3. The first-order chi connectivity index (χ1) is 13.2. The van der Waals surface area contributed by atoms with Crippen molar-refractivity contribution in [3.8, 4) is 11.5 Å². The van der Waals surface area contributed by atoms with Gasteiger partial charge in [-0.2, -0.15) is 0 Å². The van der Waals surface area contributed by atoms with Crippen LogP contribution in [0.1, 0.15) is 38.2 Å². The van der Waals surface area contributed by atoms with Crippen LogP contribution in [0.25, 0.3) is 10.9 Å². The van der Waals surface area contributed by atoms with E-state index in [0.717, 1.165) is 58.8 Å². The molecule has 2 aromatic rings. The van der Waals surface area contributed by atoms with Gasteiger partial charge in [-0.05, 0) is 50.3 Å². The Hall–Kier alpha value is -1.95. The molecule has 1 amide bonds. The van der Waals surface area contributed by atoms with Gasteiger partial charge in [-0.1, -0.05) is 18.7 Å². The summed E-state index contributed by atoms with van der Waals surface area (Å²) in [6.45, 7) is 6.26. The van der Waals surface area contributed by atoms with Crippen molar-refractivity contribution in [2.24, 2.45) is 0 Å². The van der Waals surface area contributed by atoms with Crippen molar-refractivity contribution >= 4 is 28.6 Å². The van der Waals surface area contributed by atoms with Crippen LogP contribution in [0.15, 0.2) is 23.2 Å². The molecule has 5 nitrogen and oxygen atoms in total. The Bertz CT molecular complexity index is 855. The van der Waals surface area contributed by atoms with Gasteiger partial charge < -0.3 is 14.4 Å². The summed E-state index contributed by atoms with van der Waals surface area (Å²) in [6.07, 6.45) is 4.52. The molecular weight excluding hydrogens is 360 g/mol. The lowest BCUT2D eigenvalue weighted by molar-refractivity contribution is -0.132. The molecule has 27 heavy (non-hydrogen) atoms. The molecule has 3 heterocycles. The summed E-state index contributed by atoms with van der Waals surface area (Å²) in [5, 5.41) is 1.95. The molecule has 1 saturated heterocycles. The van der Waals surface area contributed by atoms with E-state index in [2.05, 4.69) is 17.9 Å². The molecule has 0 radical (unpaired) electrons. The van der Waals surface area contributed by atoms with E-state index in [1.54, 1.807) is 0 Å². The van der Waals surface area contributed by atoms with Gasteiger partial charge in [-0.3, -0.25) is 4.79 Å². The molecule has 1 fully saturated rings. The Labute approximate surface area is 164 Å². The maximum absolute atomic E-state index is 12.7. The number of pyridine rings is 1. The highest BCUT2D eigenvalue weighted by molar-refractivity contribution is 7.99. The van der Waals surface area contributed by atoms with Crippen molar-refractivity contribution < 1.29 is 14.3 Å². The number of thioether (sulfide) groups is 1. The van der Waals surface area contributed by atoms with Crippen molar-refractivity contribution in [1.82, 2.24) is 9.88 Å². The number of hydrogen-bond donors (Lipinski definition) is 0. The molecule has 1 aromatic heterocycles. The first kappa shape index (κ1) is 18.4. The van der Waals surface area contributed by atoms with E-state index in [1.165, 1.54) is 18.2 Å². The number of piperidine rings is 1. The van der Waals surface area contributed by atoms with Gasteiger partial charge in [-0.25, -0.2) is 4.98 Å². The largest absolute Gasteiger partial charge is 0.486 e. The summed E-state index contributed by atoms with van der Waals surface area (Å²) in [7, 11) is 0. The fraction of sp³-hybridized carbons (Fsp3) is 0.524. The van der Waals surface area contributed by atoms with Crippen LogP contribution in [0.3, 0.4) is 0 Å². The van der Waals surface area contributed by atoms with Crippen LogP contribution in [0.2, 0.25) is 0 Å². The maximum Gasteiger partial charge on any atom is 0.233 e. The minimum Gasteiger partial charge on any atom is -0.486 e. The Morgan fingerprint density at radius 1 is 1.22 bits per heavy atom. The molecule has 4 rings (SSSR count). The molecule has 0 bridgehead atoms. The third kappa shape index (κ3) is 3.86. The predicted octanol–water partition coefficient (Wildman–Crippen LogP) is 4.20. The van der Waals surface area contributed by atoms with Gasteiger partial charge in [0.2, 0.25) is 5.91 Å². The highest BCUT2D eigenvalue weighted by atomic mass is 32.2. The van der Waals surface area contributed by atoms with Crippen LogP contribution in [0.4, 0.5) is 0 Å². The predicted molar refractivity (Wildman–Crippen MR) is 108 cm³/mol. The van der Waals surface area contributed by atoms with E-state index in [9.17, 15) is 4.79 Å². The summed E-state index contributed by atoms with van der Waals surface area (Å²) in [5.74, 6) is 2.20. The second-order valence-electron chi connectivity index (χ2n) is 7.23. The van der Waals surface area contributed by atoms with Crippen LogP contribution in [0, 0.1) is 6.92 Å². The number of nitrogens with zero attached hydrogens (tertiary/aromatic N) is 2. The third-order valence-corrected chi connectivity index (χ3v) is 6.45. The second-order valence-corrected chi connectivity index (χ2v) is 8.20. The van der Waals surface area contributed by atoms with Crippen LogP contribution in [0.5, 0.6) is 11.5 Å². The average molecular weight is 387 g/mol. The monoisotopic (exact) mass is 386 g/mol. The van der Waals surface area contributed by atoms with Crippen molar-refractivity contribution in [1.29, 1.82) is 0 Å². The van der Waals surface area contributed by atoms with Gasteiger partial charge in [0, 0.05) is 24.0 Å². The number of carbonyl (C=O) groups excluding carboxylic acids is 1. The lowest BCUT2D eigenvalue weighted by Crippen LogP contribution is -2.44. The number of likely N-dealkylation sites (tertiary alicyclic amines) is 1. The number of rotatable bonds is 4. The standard InChI is InChI=1S/C21H26N2O3S/c1-3-16-6-4-5-7-23(16)20(24)13-27-21-14(2)10-15-11-18-19(12-17(15)22-21)26-9-8-25-18/h10-12,16H,3-9,13H2,1-2H3/t16-/m1/s1. The molecule has 2 aliphatic heterocycles. The molecule has 0 aliphatic carbocycles. The Kier molecular flexibility index (Phi) is 5.43. The minimum atomic E-state index is 0.232. The molecule has 6 heteroatoms. The van der Waals surface area contributed by atoms with Gasteiger partial charge in [0.05, 0.1) is 11.3 Å². The number of ether oxygens (including phenoxy) is 2. The smallest absolute Gasteiger partial charge is 0.233 e. The number of benzene rings is 1. The number of fused-ring (bicyclic) bond motifs is 2. The molecule has 1 aromatic carbocycles. The number of carbonyl (C=O) groups is 1. The quantitative estimate of drug-likeness (QED) is 0.737. The van der Waals surface area contributed by atoms with E-state index in [-0.39, 0.29) is 5.91 Å². The first-order valence-electron chi connectivity index (χ1n) is 9.79. The van der Waals surface area contributed by atoms with Crippen molar-refractivity contribution in [3.05, 3.63) is 23.8 Å². The fourth-order valence-corrected chi connectivity index (χ4v) is 4.79. The van der Waals surface area contributed by atoms with Gasteiger partial charge in [0.25, 0.3) is 0 Å². The Morgan fingerprint density at radius 3 is 2.78 bits per heavy atom. The summed E-state index contributed by atoms with van der Waals surface area (Å²) >= 11 is 1.54. The Morgan fingerprint density at radius 2 is 2.00 bits per heavy atom. The normalized spacial score (nSPS) is 19.3. The molecule has 2 aliphatic rings. The van der Waals surface area contributed by atoms with Gasteiger partial charge >= 0.3 is 0 Å². The van der Waals surface area contributed by atoms with Crippen molar-refractivity contribution in [3.63, 3.8) is 0 Å². The zero-order valence-corrected chi connectivity index (χ0v) is 16.8. The van der Waals surface area contributed by atoms with E-state index >= 15 is 0 Å². The molecule has 1 atom stereocenters. The van der Waals surface area contributed by atoms with Crippen molar-refractivity contribution in [2.45, 2.75) is 50.6 Å². The molecule has 0 spiro atoms. The lowest BCUT2D eigenvalue weighted by atomic mass is 10.0. The van der Waals surface area contributed by atoms with Crippen LogP contribution in [-0.4, -0.2) is 47.3 Å². The molecular formula is C21H26N2O3S. The molecule has 144 valence electrons. The number of hydrogen-bond acceptors (Lipinski definition) is 5. The second kappa shape index (κ2) is 7.97. The van der Waals surface area contributed by atoms with Crippen LogP contribution >= 0.6 is 11.8 Å². The zero-order valence-electron chi connectivity index (χ0n) is 16.0. The highest BCUT2D eigenvalue weighted by Gasteiger charge is 2.25. The van der Waals surface area contributed by atoms with E-state index in [0.29, 0.717) is 25.0 Å². The lowest BCUT2D eigenvalue weighted by Gasteiger charge is -2.35. The van der Waals surface area contributed by atoms with Crippen LogP contribution < -0.4 is 9.47 Å². The number of aromatic nitrogens is 1. The fourth-order valence-electron chi connectivity index (χ4n) is 3.91. The zero-order chi connectivity index (χ0) is 18.8. The SMILES string of the molecule is CC[C@@H]1CCCCN1C(=O)CSc1nc2cc3c(cc2cc1C)OCCO3. The third-order valence-electron chi connectivity index (χ3n) is 5.37. The first-order valence-corrected chi connectivity index (χ1v) is 10.8. The minimum absolute atomic E-state index is 0.232. The molecule has 0 unspecified atom stereocenters. The summed E-state index contributed by atoms with van der Waals surface area (Å²) in [6, 6.07) is 6.44. The number of aryl methyl sites for hydroxylation is 1. The highest BCUT2D eigenvalue weighted by Crippen LogP contribution is 2.35. The van der Waals surface area contributed by atoms with Gasteiger partial charge in [0.1, 0.15) is 18.2 Å². The van der Waals surface area contributed by atoms with Gasteiger partial charge in [0.15, 0.2) is 11.5 Å². The maximum atomic E-state index is 12.7. The number of amides is 1. The van der Waals surface area contributed by atoms with Gasteiger partial charge in [-0.15, -0.1) is 0 Å². The van der Waals surface area contributed by atoms with E-state index in [1.807, 2.05) is 19.1 Å². The van der Waals surface area contributed by atoms with E-state index in [4.69, 9.17) is 14.5 Å². The van der Waals surface area contributed by atoms with E-state index < -0.39 is 0 Å². The molecule has 0 saturated carbocycles. The summed E-state index contributed by atoms with van der Waals surface area (Å²) in [5.41, 5.74) is 1.96. The van der Waals surface area contributed by atoms with Crippen molar-refractivity contribution in [2.75, 3.05) is 25.5 Å². The van der Waals surface area contributed by atoms with Crippen LogP contribution in [-0.2, 0) is 4.79 Å². The average Bonchev–Trinajstić information content (AvgIpc) is 2.70. The topological polar surface area (TPSA) is 51.7 Å². The summed E-state index contributed by atoms with van der Waals surface area (Å²) in [4.78, 5) is 19.6. The molecule has 0 N–H and O–H groups in total. The Balaban J connectivity index is 1.51.